The van der Waals surface area contributed by atoms with Crippen LogP contribution in [0.3, 0.4) is 0 Å². The number of hydrogen-bond donors (Lipinski definition) is 1. The minimum atomic E-state index is -0.301. The molecule has 1 N–H and O–H groups in total. The van der Waals surface area contributed by atoms with E-state index in [-0.39, 0.29) is 11.4 Å². The Morgan fingerprint density at radius 3 is 2.54 bits per heavy atom. The Kier molecular flexibility index (Phi) is 3.35. The van der Waals surface area contributed by atoms with Gasteiger partial charge in [0.25, 0.3) is 5.56 Å². The Bertz CT molecular complexity index is 1110. The predicted molar refractivity (Wildman–Crippen MR) is 92.8 cm³/mol. The van der Waals surface area contributed by atoms with E-state index in [4.69, 9.17) is 4.42 Å². The van der Waals surface area contributed by atoms with E-state index >= 15 is 0 Å². The Morgan fingerprint density at radius 2 is 1.79 bits per heavy atom. The van der Waals surface area contributed by atoms with Crippen LogP contribution >= 0.6 is 11.3 Å². The summed E-state index contributed by atoms with van der Waals surface area (Å²) in [5.74, 6) is 1.15. The van der Waals surface area contributed by atoms with Crippen molar-refractivity contribution in [1.82, 2.24) is 9.97 Å². The molecule has 0 aliphatic rings. The zero-order valence-electron chi connectivity index (χ0n) is 13.0. The minimum Gasteiger partial charge on any atom is -0.453 e. The van der Waals surface area contributed by atoms with Gasteiger partial charge in [-0.25, -0.2) is 9.37 Å². The molecule has 0 fully saturated rings. The van der Waals surface area contributed by atoms with Gasteiger partial charge in [0.1, 0.15) is 16.4 Å². The van der Waals surface area contributed by atoms with E-state index in [0.717, 1.165) is 16.0 Å². The summed E-state index contributed by atoms with van der Waals surface area (Å²) in [6.45, 7) is 3.89. The van der Waals surface area contributed by atoms with Gasteiger partial charge < -0.3 is 9.40 Å². The number of benzene rings is 1. The fourth-order valence-corrected chi connectivity index (χ4v) is 3.64. The molecule has 0 saturated heterocycles. The molecule has 1 aromatic carbocycles. The third-order valence-electron chi connectivity index (χ3n) is 4.01. The molecule has 0 saturated carbocycles. The number of hydrogen-bond acceptors (Lipinski definition) is 4. The molecule has 120 valence electrons. The first-order valence-corrected chi connectivity index (χ1v) is 8.21. The predicted octanol–water partition coefficient (Wildman–Crippen LogP) is 4.67. The van der Waals surface area contributed by atoms with Crippen LogP contribution in [0, 0.1) is 19.7 Å². The van der Waals surface area contributed by atoms with Crippen LogP contribution in [0.25, 0.3) is 33.1 Å². The Labute approximate surface area is 140 Å². The van der Waals surface area contributed by atoms with Gasteiger partial charge in [0.2, 0.25) is 0 Å². The first-order valence-electron chi connectivity index (χ1n) is 7.39. The Balaban J connectivity index is 1.81. The van der Waals surface area contributed by atoms with Crippen LogP contribution in [0.15, 0.2) is 45.6 Å². The van der Waals surface area contributed by atoms with Crippen molar-refractivity contribution in [1.29, 1.82) is 0 Å². The smallest absolute Gasteiger partial charge is 0.260 e. The van der Waals surface area contributed by atoms with Crippen LogP contribution in [0.4, 0.5) is 4.39 Å². The maximum absolute atomic E-state index is 13.0. The van der Waals surface area contributed by atoms with Crippen molar-refractivity contribution in [2.45, 2.75) is 13.8 Å². The van der Waals surface area contributed by atoms with Crippen molar-refractivity contribution >= 4 is 21.6 Å². The van der Waals surface area contributed by atoms with E-state index in [1.165, 1.54) is 23.5 Å². The number of aryl methyl sites for hydroxylation is 2. The summed E-state index contributed by atoms with van der Waals surface area (Å²) < 4.78 is 18.8. The molecule has 0 aliphatic heterocycles. The second-order valence-corrected chi connectivity index (χ2v) is 6.75. The normalized spacial score (nSPS) is 11.3. The number of thiophene rings is 1. The molecule has 4 nitrogen and oxygen atoms in total. The lowest BCUT2D eigenvalue weighted by Crippen LogP contribution is -2.08. The van der Waals surface area contributed by atoms with Gasteiger partial charge in [0, 0.05) is 10.4 Å². The number of nitrogens with zero attached hydrogens (tertiary/aromatic N) is 1. The zero-order chi connectivity index (χ0) is 16.8. The first-order chi connectivity index (χ1) is 11.5. The van der Waals surface area contributed by atoms with Crippen LogP contribution in [0.2, 0.25) is 0 Å². The number of nitrogens with one attached hydrogen (secondary N) is 1. The molecule has 0 aliphatic carbocycles. The summed E-state index contributed by atoms with van der Waals surface area (Å²) in [6.07, 6.45) is 0. The fraction of sp³-hybridized carbons (Fsp3) is 0.111. The standard InChI is InChI=1S/C18H13FN2O2S/c1-9-10(2)24-18-15(9)17(22)20-16(21-18)14-8-7-13(23-14)11-3-5-12(19)6-4-11/h3-8H,1-2H3,(H,20,21,22). The molecule has 0 bridgehead atoms. The Hall–Kier alpha value is -2.73. The second-order valence-electron chi connectivity index (χ2n) is 5.55. The molecule has 0 amide bonds. The second kappa shape index (κ2) is 5.42. The highest BCUT2D eigenvalue weighted by Gasteiger charge is 2.15. The number of halogens is 1. The summed E-state index contributed by atoms with van der Waals surface area (Å²) in [7, 11) is 0. The van der Waals surface area contributed by atoms with Crippen LogP contribution in [-0.2, 0) is 0 Å². The summed E-state index contributed by atoms with van der Waals surface area (Å²) in [4.78, 5) is 21.4. The molecule has 4 aromatic rings. The molecule has 4 rings (SSSR count). The van der Waals surface area contributed by atoms with Crippen molar-refractivity contribution in [3.8, 4) is 22.9 Å². The molecule has 0 unspecified atom stereocenters. The van der Waals surface area contributed by atoms with Gasteiger partial charge in [0.15, 0.2) is 11.6 Å². The van der Waals surface area contributed by atoms with Gasteiger partial charge in [-0.15, -0.1) is 11.3 Å². The van der Waals surface area contributed by atoms with E-state index in [0.29, 0.717) is 27.6 Å². The van der Waals surface area contributed by atoms with Crippen molar-refractivity contribution in [3.63, 3.8) is 0 Å². The molecular formula is C18H13FN2O2S. The maximum Gasteiger partial charge on any atom is 0.260 e. The molecule has 24 heavy (non-hydrogen) atoms. The minimum absolute atomic E-state index is 0.170. The number of aromatic amines is 1. The highest BCUT2D eigenvalue weighted by atomic mass is 32.1. The van der Waals surface area contributed by atoms with Crippen LogP contribution in [0.1, 0.15) is 10.4 Å². The summed E-state index contributed by atoms with van der Waals surface area (Å²) in [5, 5.41) is 0.631. The van der Waals surface area contributed by atoms with E-state index in [1.54, 1.807) is 24.3 Å². The van der Waals surface area contributed by atoms with Crippen LogP contribution < -0.4 is 5.56 Å². The molecule has 0 spiro atoms. The van der Waals surface area contributed by atoms with Gasteiger partial charge in [-0.2, -0.15) is 0 Å². The fourth-order valence-electron chi connectivity index (χ4n) is 2.61. The topological polar surface area (TPSA) is 58.9 Å². The number of fused-ring (bicyclic) bond motifs is 1. The summed E-state index contributed by atoms with van der Waals surface area (Å²) in [5.41, 5.74) is 1.55. The van der Waals surface area contributed by atoms with Gasteiger partial charge in [0.05, 0.1) is 5.39 Å². The molecular weight excluding hydrogens is 327 g/mol. The van der Waals surface area contributed by atoms with Crippen molar-refractivity contribution in [2.24, 2.45) is 0 Å². The lowest BCUT2D eigenvalue weighted by atomic mass is 10.2. The van der Waals surface area contributed by atoms with Crippen LogP contribution in [-0.4, -0.2) is 9.97 Å². The zero-order valence-corrected chi connectivity index (χ0v) is 13.8. The Morgan fingerprint density at radius 1 is 1.08 bits per heavy atom. The SMILES string of the molecule is Cc1sc2nc(-c3ccc(-c4ccc(F)cc4)o3)[nH]c(=O)c2c1C. The van der Waals surface area contributed by atoms with E-state index in [9.17, 15) is 9.18 Å². The average molecular weight is 340 g/mol. The van der Waals surface area contributed by atoms with E-state index in [1.807, 2.05) is 13.8 Å². The summed E-state index contributed by atoms with van der Waals surface area (Å²) >= 11 is 1.49. The monoisotopic (exact) mass is 340 g/mol. The third-order valence-corrected chi connectivity index (χ3v) is 5.11. The number of rotatable bonds is 2. The van der Waals surface area contributed by atoms with Crippen molar-refractivity contribution < 1.29 is 8.81 Å². The van der Waals surface area contributed by atoms with Gasteiger partial charge in [-0.1, -0.05) is 0 Å². The van der Waals surface area contributed by atoms with Crippen LogP contribution in [0.5, 0.6) is 0 Å². The van der Waals surface area contributed by atoms with Gasteiger partial charge in [-0.05, 0) is 55.8 Å². The highest BCUT2D eigenvalue weighted by molar-refractivity contribution is 7.18. The number of H-pyrrole nitrogens is 1. The molecule has 3 aromatic heterocycles. The maximum atomic E-state index is 13.0. The largest absolute Gasteiger partial charge is 0.453 e. The summed E-state index contributed by atoms with van der Waals surface area (Å²) in [6, 6.07) is 9.56. The average Bonchev–Trinajstić information content (AvgIpc) is 3.14. The number of furan rings is 1. The lowest BCUT2D eigenvalue weighted by molar-refractivity contribution is 0.591. The number of aromatic nitrogens is 2. The molecule has 0 atom stereocenters. The van der Waals surface area contributed by atoms with E-state index in [2.05, 4.69) is 9.97 Å². The van der Waals surface area contributed by atoms with Crippen molar-refractivity contribution in [2.75, 3.05) is 0 Å². The third kappa shape index (κ3) is 2.35. The molecule has 0 radical (unpaired) electrons. The lowest BCUT2D eigenvalue weighted by Gasteiger charge is -1.99. The quantitative estimate of drug-likeness (QED) is 0.577. The molecule has 6 heteroatoms. The van der Waals surface area contributed by atoms with Gasteiger partial charge >= 0.3 is 0 Å². The first kappa shape index (κ1) is 14.8. The van der Waals surface area contributed by atoms with Crippen molar-refractivity contribution in [3.05, 3.63) is 63.0 Å². The molecule has 3 heterocycles. The van der Waals surface area contributed by atoms with E-state index < -0.39 is 0 Å². The van der Waals surface area contributed by atoms with Gasteiger partial charge in [-0.3, -0.25) is 4.79 Å². The highest BCUT2D eigenvalue weighted by Crippen LogP contribution is 2.30.